The number of anilines is 2. The Kier molecular flexibility index (Phi) is 3.24. The maximum atomic E-state index is 5.94. The Labute approximate surface area is 105 Å². The highest BCUT2D eigenvalue weighted by molar-refractivity contribution is 6.33. The molecule has 0 spiro atoms. The van der Waals surface area contributed by atoms with Crippen LogP contribution in [0.5, 0.6) is 0 Å². The maximum Gasteiger partial charge on any atom is 0.138 e. The van der Waals surface area contributed by atoms with Crippen LogP contribution >= 0.6 is 11.6 Å². The number of nitrogens with zero attached hydrogens (tertiary/aromatic N) is 1. The fourth-order valence-electron chi connectivity index (χ4n) is 1.63. The lowest BCUT2D eigenvalue weighted by Crippen LogP contribution is -2.04. The number of halogens is 1. The quantitative estimate of drug-likeness (QED) is 0.823. The van der Waals surface area contributed by atoms with Gasteiger partial charge in [-0.15, -0.1) is 0 Å². The van der Waals surface area contributed by atoms with Gasteiger partial charge in [0.1, 0.15) is 5.76 Å². The van der Waals surface area contributed by atoms with Gasteiger partial charge in [0.05, 0.1) is 22.1 Å². The van der Waals surface area contributed by atoms with Gasteiger partial charge in [-0.1, -0.05) is 22.8 Å². The molecule has 0 fully saturated rings. The third-order valence-corrected chi connectivity index (χ3v) is 3.02. The Hall–Kier alpha value is -1.68. The molecular formula is C12H14ClN3O. The molecule has 0 aliphatic rings. The lowest BCUT2D eigenvalue weighted by Gasteiger charge is -2.09. The number of benzene rings is 1. The van der Waals surface area contributed by atoms with E-state index in [-0.39, 0.29) is 0 Å². The van der Waals surface area contributed by atoms with E-state index in [1.54, 1.807) is 6.07 Å². The second-order valence-corrected chi connectivity index (χ2v) is 4.26. The van der Waals surface area contributed by atoms with Crippen LogP contribution in [0.25, 0.3) is 0 Å². The maximum absolute atomic E-state index is 5.94. The zero-order valence-electron chi connectivity index (χ0n) is 9.75. The average Bonchev–Trinajstić information content (AvgIpc) is 2.62. The molecule has 4 nitrogen and oxygen atoms in total. The molecule has 2 rings (SSSR count). The van der Waals surface area contributed by atoms with E-state index in [1.807, 2.05) is 26.0 Å². The molecule has 2 aromatic rings. The molecule has 0 aliphatic carbocycles. The van der Waals surface area contributed by atoms with E-state index in [9.17, 15) is 0 Å². The fraction of sp³-hybridized carbons (Fsp3) is 0.250. The summed E-state index contributed by atoms with van der Waals surface area (Å²) in [4.78, 5) is 0. The van der Waals surface area contributed by atoms with Crippen molar-refractivity contribution in [3.63, 3.8) is 0 Å². The van der Waals surface area contributed by atoms with Gasteiger partial charge < -0.3 is 15.6 Å². The Morgan fingerprint density at radius 3 is 2.82 bits per heavy atom. The Morgan fingerprint density at radius 2 is 2.18 bits per heavy atom. The number of hydrogen-bond acceptors (Lipinski definition) is 4. The molecule has 5 heteroatoms. The number of hydrogen-bond donors (Lipinski definition) is 2. The Morgan fingerprint density at radius 1 is 1.41 bits per heavy atom. The van der Waals surface area contributed by atoms with Crippen LogP contribution in [-0.2, 0) is 6.54 Å². The highest BCUT2D eigenvalue weighted by atomic mass is 35.5. The summed E-state index contributed by atoms with van der Waals surface area (Å²) in [5.41, 5.74) is 9.17. The van der Waals surface area contributed by atoms with Crippen LogP contribution in [-0.4, -0.2) is 5.16 Å². The number of nitrogens with two attached hydrogens (primary N) is 1. The number of rotatable bonds is 3. The molecule has 0 aliphatic heterocycles. The second kappa shape index (κ2) is 4.67. The van der Waals surface area contributed by atoms with E-state index in [0.717, 1.165) is 22.7 Å². The van der Waals surface area contributed by atoms with Crippen LogP contribution in [0, 0.1) is 13.8 Å². The van der Waals surface area contributed by atoms with Crippen LogP contribution in [0.15, 0.2) is 22.7 Å². The summed E-state index contributed by atoms with van der Waals surface area (Å²) in [6, 6.07) is 5.51. The minimum Gasteiger partial charge on any atom is -0.396 e. The monoisotopic (exact) mass is 251 g/mol. The van der Waals surface area contributed by atoms with Crippen molar-refractivity contribution in [1.82, 2.24) is 5.16 Å². The standard InChI is InChI=1S/C12H14ClN3O/c1-7-9(8(2)17-16-7)6-15-11-5-3-4-10(13)12(11)14/h3-5,15H,6,14H2,1-2H3. The highest BCUT2D eigenvalue weighted by Gasteiger charge is 2.09. The molecule has 0 unspecified atom stereocenters. The van der Waals surface area contributed by atoms with Crippen molar-refractivity contribution in [1.29, 1.82) is 0 Å². The van der Waals surface area contributed by atoms with Crippen molar-refractivity contribution in [2.24, 2.45) is 0 Å². The Balaban J connectivity index is 2.15. The summed E-state index contributed by atoms with van der Waals surface area (Å²) in [6.45, 7) is 4.42. The molecule has 90 valence electrons. The van der Waals surface area contributed by atoms with Crippen molar-refractivity contribution >= 4 is 23.0 Å². The van der Waals surface area contributed by atoms with Gasteiger partial charge in [-0.3, -0.25) is 0 Å². The molecule has 1 heterocycles. The molecule has 0 radical (unpaired) electrons. The number of aromatic nitrogens is 1. The summed E-state index contributed by atoms with van der Waals surface area (Å²) in [7, 11) is 0. The van der Waals surface area contributed by atoms with Gasteiger partial charge in [0.2, 0.25) is 0 Å². The van der Waals surface area contributed by atoms with Crippen LogP contribution in [0.2, 0.25) is 5.02 Å². The van der Waals surface area contributed by atoms with E-state index in [0.29, 0.717) is 17.3 Å². The van der Waals surface area contributed by atoms with E-state index in [2.05, 4.69) is 10.5 Å². The van der Waals surface area contributed by atoms with Crippen molar-refractivity contribution < 1.29 is 4.52 Å². The lowest BCUT2D eigenvalue weighted by molar-refractivity contribution is 0.392. The molecular weight excluding hydrogens is 238 g/mol. The van der Waals surface area contributed by atoms with Crippen molar-refractivity contribution in [3.05, 3.63) is 40.2 Å². The van der Waals surface area contributed by atoms with E-state index < -0.39 is 0 Å². The van der Waals surface area contributed by atoms with Gasteiger partial charge in [0.25, 0.3) is 0 Å². The molecule has 0 atom stereocenters. The van der Waals surface area contributed by atoms with Crippen molar-refractivity contribution in [3.8, 4) is 0 Å². The third kappa shape index (κ3) is 2.36. The summed E-state index contributed by atoms with van der Waals surface area (Å²) in [5, 5.41) is 7.67. The molecule has 3 N–H and O–H groups in total. The number of nitrogen functional groups attached to an aromatic ring is 1. The zero-order chi connectivity index (χ0) is 12.4. The average molecular weight is 252 g/mol. The molecule has 0 saturated carbocycles. The SMILES string of the molecule is Cc1noc(C)c1CNc1cccc(Cl)c1N. The van der Waals surface area contributed by atoms with Crippen LogP contribution in [0.4, 0.5) is 11.4 Å². The third-order valence-electron chi connectivity index (χ3n) is 2.69. The van der Waals surface area contributed by atoms with Gasteiger partial charge >= 0.3 is 0 Å². The molecule has 1 aromatic carbocycles. The highest BCUT2D eigenvalue weighted by Crippen LogP contribution is 2.27. The summed E-state index contributed by atoms with van der Waals surface area (Å²) >= 11 is 5.94. The summed E-state index contributed by atoms with van der Waals surface area (Å²) < 4.78 is 5.09. The first-order chi connectivity index (χ1) is 8.09. The largest absolute Gasteiger partial charge is 0.396 e. The van der Waals surface area contributed by atoms with E-state index in [4.69, 9.17) is 21.9 Å². The molecule has 0 saturated heterocycles. The molecule has 0 bridgehead atoms. The first-order valence-electron chi connectivity index (χ1n) is 5.29. The minimum absolute atomic E-state index is 0.550. The lowest BCUT2D eigenvalue weighted by atomic mass is 10.2. The van der Waals surface area contributed by atoms with E-state index in [1.165, 1.54) is 0 Å². The molecule has 17 heavy (non-hydrogen) atoms. The van der Waals surface area contributed by atoms with Gasteiger partial charge in [0.15, 0.2) is 0 Å². The first kappa shape index (κ1) is 11.8. The molecule has 1 aromatic heterocycles. The van der Waals surface area contributed by atoms with Crippen LogP contribution < -0.4 is 11.1 Å². The number of aryl methyl sites for hydroxylation is 2. The predicted octanol–water partition coefficient (Wildman–Crippen LogP) is 3.14. The Bertz CT molecular complexity index is 517. The first-order valence-corrected chi connectivity index (χ1v) is 5.67. The predicted molar refractivity (Wildman–Crippen MR) is 69.2 cm³/mol. The summed E-state index contributed by atoms with van der Waals surface area (Å²) in [5.74, 6) is 0.815. The minimum atomic E-state index is 0.550. The zero-order valence-corrected chi connectivity index (χ0v) is 10.5. The van der Waals surface area contributed by atoms with Gasteiger partial charge in [0, 0.05) is 12.1 Å². The smallest absolute Gasteiger partial charge is 0.138 e. The van der Waals surface area contributed by atoms with Crippen LogP contribution in [0.1, 0.15) is 17.0 Å². The molecule has 0 amide bonds. The van der Waals surface area contributed by atoms with Gasteiger partial charge in [-0.25, -0.2) is 0 Å². The van der Waals surface area contributed by atoms with Crippen molar-refractivity contribution in [2.75, 3.05) is 11.1 Å². The topological polar surface area (TPSA) is 64.1 Å². The van der Waals surface area contributed by atoms with Crippen molar-refractivity contribution in [2.45, 2.75) is 20.4 Å². The van der Waals surface area contributed by atoms with E-state index >= 15 is 0 Å². The van der Waals surface area contributed by atoms with Gasteiger partial charge in [-0.05, 0) is 26.0 Å². The summed E-state index contributed by atoms with van der Waals surface area (Å²) in [6.07, 6.45) is 0. The number of nitrogens with one attached hydrogen (secondary N) is 1. The van der Waals surface area contributed by atoms with Crippen LogP contribution in [0.3, 0.4) is 0 Å². The normalized spacial score (nSPS) is 10.5. The van der Waals surface area contributed by atoms with Gasteiger partial charge in [-0.2, -0.15) is 0 Å². The second-order valence-electron chi connectivity index (χ2n) is 3.86. The fourth-order valence-corrected chi connectivity index (χ4v) is 1.80. The number of para-hydroxylation sites is 1.